The number of carbonyl (C=O) groups is 2. The Morgan fingerprint density at radius 2 is 2.12 bits per heavy atom. The Kier molecular flexibility index (Phi) is 6.72. The smallest absolute Gasteiger partial charge is 0.326 e. The fourth-order valence-corrected chi connectivity index (χ4v) is 1.18. The number of nitrogens with one attached hydrogen (secondary N) is 2. The van der Waals surface area contributed by atoms with Crippen LogP contribution < -0.4 is 10.6 Å². The SMILES string of the molecule is C=CCC(NC(=O)NCC(C)(C)SC)C(=O)O. The molecule has 17 heavy (non-hydrogen) atoms. The summed E-state index contributed by atoms with van der Waals surface area (Å²) in [6.07, 6.45) is 3.62. The van der Waals surface area contributed by atoms with E-state index < -0.39 is 18.0 Å². The second kappa shape index (κ2) is 7.21. The summed E-state index contributed by atoms with van der Waals surface area (Å²) in [5.74, 6) is -1.07. The van der Waals surface area contributed by atoms with Crippen molar-refractivity contribution in [1.82, 2.24) is 10.6 Å². The van der Waals surface area contributed by atoms with E-state index in [2.05, 4.69) is 17.2 Å². The van der Waals surface area contributed by atoms with Gasteiger partial charge in [0.1, 0.15) is 6.04 Å². The van der Waals surface area contributed by atoms with Gasteiger partial charge in [-0.25, -0.2) is 9.59 Å². The zero-order valence-corrected chi connectivity index (χ0v) is 11.3. The van der Waals surface area contributed by atoms with Crippen LogP contribution in [0.3, 0.4) is 0 Å². The first-order valence-electron chi connectivity index (χ1n) is 5.25. The van der Waals surface area contributed by atoms with Gasteiger partial charge in [0.15, 0.2) is 0 Å². The van der Waals surface area contributed by atoms with Crippen LogP contribution in [0, 0.1) is 0 Å². The van der Waals surface area contributed by atoms with Gasteiger partial charge in [-0.15, -0.1) is 6.58 Å². The van der Waals surface area contributed by atoms with Gasteiger partial charge in [-0.1, -0.05) is 6.08 Å². The first-order valence-corrected chi connectivity index (χ1v) is 6.48. The lowest BCUT2D eigenvalue weighted by Crippen LogP contribution is -2.48. The van der Waals surface area contributed by atoms with Gasteiger partial charge in [-0.2, -0.15) is 11.8 Å². The quantitative estimate of drug-likeness (QED) is 0.605. The van der Waals surface area contributed by atoms with Crippen LogP contribution in [0.15, 0.2) is 12.7 Å². The van der Waals surface area contributed by atoms with Crippen LogP contribution in [-0.4, -0.2) is 40.7 Å². The van der Waals surface area contributed by atoms with Crippen LogP contribution >= 0.6 is 11.8 Å². The summed E-state index contributed by atoms with van der Waals surface area (Å²) < 4.78 is -0.0749. The number of thioether (sulfide) groups is 1. The van der Waals surface area contributed by atoms with Crippen molar-refractivity contribution < 1.29 is 14.7 Å². The van der Waals surface area contributed by atoms with Gasteiger partial charge in [0.2, 0.25) is 0 Å². The first kappa shape index (κ1) is 15.8. The van der Waals surface area contributed by atoms with Gasteiger partial charge in [0, 0.05) is 11.3 Å². The van der Waals surface area contributed by atoms with Gasteiger partial charge in [0.05, 0.1) is 0 Å². The molecule has 0 aliphatic carbocycles. The number of urea groups is 1. The fraction of sp³-hybridized carbons (Fsp3) is 0.636. The van der Waals surface area contributed by atoms with Crippen molar-refractivity contribution in [2.75, 3.05) is 12.8 Å². The van der Waals surface area contributed by atoms with Crippen molar-refractivity contribution in [3.05, 3.63) is 12.7 Å². The highest BCUT2D eigenvalue weighted by atomic mass is 32.2. The zero-order chi connectivity index (χ0) is 13.5. The number of aliphatic carboxylic acids is 1. The number of carbonyl (C=O) groups excluding carboxylic acids is 1. The number of hydrogen-bond donors (Lipinski definition) is 3. The van der Waals surface area contributed by atoms with Gasteiger partial charge < -0.3 is 15.7 Å². The standard InChI is InChI=1S/C11H20N2O3S/c1-5-6-8(9(14)15)13-10(16)12-7-11(2,3)17-4/h5,8H,1,6-7H2,2-4H3,(H,14,15)(H2,12,13,16). The zero-order valence-electron chi connectivity index (χ0n) is 10.4. The molecule has 0 aromatic rings. The number of amides is 2. The molecule has 0 bridgehead atoms. The predicted octanol–water partition coefficient (Wildman–Crippen LogP) is 1.46. The van der Waals surface area contributed by atoms with Gasteiger partial charge in [0.25, 0.3) is 0 Å². The number of rotatable bonds is 7. The normalized spacial score (nSPS) is 12.6. The fourth-order valence-electron chi connectivity index (χ4n) is 0.963. The minimum atomic E-state index is -1.07. The van der Waals surface area contributed by atoms with Crippen LogP contribution in [0.2, 0.25) is 0 Å². The van der Waals surface area contributed by atoms with E-state index in [0.29, 0.717) is 6.54 Å². The predicted molar refractivity (Wildman–Crippen MR) is 70.4 cm³/mol. The monoisotopic (exact) mass is 260 g/mol. The molecular formula is C11H20N2O3S. The summed E-state index contributed by atoms with van der Waals surface area (Å²) in [6, 6.07) is -1.40. The van der Waals surface area contributed by atoms with Crippen LogP contribution in [-0.2, 0) is 4.79 Å². The number of hydrogen-bond acceptors (Lipinski definition) is 3. The molecule has 0 radical (unpaired) electrons. The maximum Gasteiger partial charge on any atom is 0.326 e. The molecule has 0 aliphatic heterocycles. The summed E-state index contributed by atoms with van der Waals surface area (Å²) in [5, 5.41) is 13.9. The Morgan fingerprint density at radius 3 is 2.53 bits per heavy atom. The molecule has 0 heterocycles. The Labute approximate surface area is 106 Å². The van der Waals surface area contributed by atoms with Crippen LogP contribution in [0.5, 0.6) is 0 Å². The molecule has 5 nitrogen and oxygen atoms in total. The summed E-state index contributed by atoms with van der Waals surface area (Å²) in [6.45, 7) is 7.92. The van der Waals surface area contributed by atoms with Gasteiger partial charge in [-0.05, 0) is 26.5 Å². The Morgan fingerprint density at radius 1 is 1.53 bits per heavy atom. The largest absolute Gasteiger partial charge is 0.480 e. The molecule has 0 spiro atoms. The van der Waals surface area contributed by atoms with E-state index in [0.717, 1.165) is 0 Å². The minimum Gasteiger partial charge on any atom is -0.480 e. The molecule has 2 amide bonds. The Hall–Kier alpha value is -1.17. The van der Waals surface area contributed by atoms with E-state index in [1.165, 1.54) is 6.08 Å². The van der Waals surface area contributed by atoms with E-state index in [-0.39, 0.29) is 11.2 Å². The lowest BCUT2D eigenvalue weighted by molar-refractivity contribution is -0.139. The molecule has 0 saturated carbocycles. The van der Waals surface area contributed by atoms with Gasteiger partial charge in [-0.3, -0.25) is 0 Å². The second-order valence-electron chi connectivity index (χ2n) is 4.21. The summed E-state index contributed by atoms with van der Waals surface area (Å²) in [5.41, 5.74) is 0. The summed E-state index contributed by atoms with van der Waals surface area (Å²) >= 11 is 1.63. The average molecular weight is 260 g/mol. The van der Waals surface area contributed by atoms with E-state index in [1.54, 1.807) is 11.8 Å². The number of carboxylic acids is 1. The second-order valence-corrected chi connectivity index (χ2v) is 5.72. The molecule has 0 fully saturated rings. The lowest BCUT2D eigenvalue weighted by atomic mass is 10.2. The third-order valence-corrected chi connectivity index (χ3v) is 3.48. The molecule has 0 saturated heterocycles. The third kappa shape index (κ3) is 6.88. The number of carboxylic acid groups (broad SMARTS) is 1. The minimum absolute atomic E-state index is 0.0749. The summed E-state index contributed by atoms with van der Waals surface area (Å²) in [7, 11) is 0. The van der Waals surface area contributed by atoms with E-state index >= 15 is 0 Å². The van der Waals surface area contributed by atoms with Crippen molar-refractivity contribution in [2.24, 2.45) is 0 Å². The molecule has 1 atom stereocenters. The van der Waals surface area contributed by atoms with Gasteiger partial charge >= 0.3 is 12.0 Å². The molecule has 98 valence electrons. The highest BCUT2D eigenvalue weighted by molar-refractivity contribution is 7.99. The van der Waals surface area contributed by atoms with Crippen molar-refractivity contribution in [2.45, 2.75) is 31.1 Å². The first-order chi connectivity index (χ1) is 7.82. The van der Waals surface area contributed by atoms with Crippen LogP contribution in [0.1, 0.15) is 20.3 Å². The molecule has 0 rings (SSSR count). The molecule has 0 aromatic carbocycles. The average Bonchev–Trinajstić information content (AvgIpc) is 2.26. The van der Waals surface area contributed by atoms with Crippen molar-refractivity contribution in [3.63, 3.8) is 0 Å². The van der Waals surface area contributed by atoms with Crippen LogP contribution in [0.25, 0.3) is 0 Å². The molecule has 0 aliphatic rings. The molecule has 1 unspecified atom stereocenters. The molecule has 3 N–H and O–H groups in total. The topological polar surface area (TPSA) is 78.4 Å². The lowest BCUT2D eigenvalue weighted by Gasteiger charge is -2.23. The van der Waals surface area contributed by atoms with E-state index in [1.807, 2.05) is 20.1 Å². The molecular weight excluding hydrogens is 240 g/mol. The maximum atomic E-state index is 11.5. The van der Waals surface area contributed by atoms with Crippen molar-refractivity contribution in [1.29, 1.82) is 0 Å². The van der Waals surface area contributed by atoms with E-state index in [4.69, 9.17) is 5.11 Å². The third-order valence-electron chi connectivity index (χ3n) is 2.23. The highest BCUT2D eigenvalue weighted by Crippen LogP contribution is 2.19. The van der Waals surface area contributed by atoms with Crippen LogP contribution in [0.4, 0.5) is 4.79 Å². The Balaban J connectivity index is 4.15. The highest BCUT2D eigenvalue weighted by Gasteiger charge is 2.20. The van der Waals surface area contributed by atoms with Crippen molar-refractivity contribution >= 4 is 23.8 Å². The molecule has 0 aromatic heterocycles. The van der Waals surface area contributed by atoms with Crippen molar-refractivity contribution in [3.8, 4) is 0 Å². The van der Waals surface area contributed by atoms with E-state index in [9.17, 15) is 9.59 Å². The maximum absolute atomic E-state index is 11.5. The summed E-state index contributed by atoms with van der Waals surface area (Å²) in [4.78, 5) is 22.3. The Bertz CT molecular complexity index is 292. The molecule has 6 heteroatoms.